The van der Waals surface area contributed by atoms with E-state index >= 15 is 0 Å². The van der Waals surface area contributed by atoms with E-state index in [-0.39, 0.29) is 17.9 Å². The van der Waals surface area contributed by atoms with Crippen LogP contribution in [0.3, 0.4) is 0 Å². The van der Waals surface area contributed by atoms with Crippen molar-refractivity contribution in [3.8, 4) is 17.6 Å². The fourth-order valence-corrected chi connectivity index (χ4v) is 5.04. The summed E-state index contributed by atoms with van der Waals surface area (Å²) < 4.78 is 13.3. The second-order valence-corrected chi connectivity index (χ2v) is 9.86. The van der Waals surface area contributed by atoms with Crippen LogP contribution < -0.4 is 14.8 Å². The summed E-state index contributed by atoms with van der Waals surface area (Å²) in [5.41, 5.74) is 3.01. The Morgan fingerprint density at radius 3 is 2.74 bits per heavy atom. The van der Waals surface area contributed by atoms with E-state index in [0.29, 0.717) is 30.3 Å². The molecule has 2 aliphatic rings. The van der Waals surface area contributed by atoms with E-state index in [2.05, 4.69) is 22.0 Å². The van der Waals surface area contributed by atoms with Crippen LogP contribution in [0.1, 0.15) is 67.2 Å². The highest BCUT2D eigenvalue weighted by atomic mass is 16.6. The second-order valence-electron chi connectivity index (χ2n) is 9.86. The van der Waals surface area contributed by atoms with E-state index in [1.54, 1.807) is 18.2 Å². The Hall–Kier alpha value is -3.53. The van der Waals surface area contributed by atoms with Crippen molar-refractivity contribution in [2.45, 2.75) is 56.9 Å². The number of imidazole rings is 1. The van der Waals surface area contributed by atoms with Crippen molar-refractivity contribution in [1.82, 2.24) is 14.9 Å². The zero-order valence-corrected chi connectivity index (χ0v) is 19.9. The lowest BCUT2D eigenvalue weighted by atomic mass is 9.85. The summed E-state index contributed by atoms with van der Waals surface area (Å²) >= 11 is 0. The quantitative estimate of drug-likeness (QED) is 0.617. The number of hydrogen-bond acceptors (Lipinski definition) is 5. The van der Waals surface area contributed by atoms with Crippen molar-refractivity contribution in [3.63, 3.8) is 0 Å². The van der Waals surface area contributed by atoms with Crippen LogP contribution in [-0.4, -0.2) is 34.7 Å². The number of ether oxygens (including phenoxy) is 2. The molecule has 1 aromatic heterocycles. The lowest BCUT2D eigenvalue weighted by Crippen LogP contribution is -2.38. The number of nitrogens with zero attached hydrogens (tertiary/aromatic N) is 3. The Labute approximate surface area is 199 Å². The van der Waals surface area contributed by atoms with Gasteiger partial charge >= 0.3 is 0 Å². The molecule has 1 aliphatic heterocycles. The summed E-state index contributed by atoms with van der Waals surface area (Å²) in [6, 6.07) is 13.9. The zero-order chi connectivity index (χ0) is 23.9. The zero-order valence-electron chi connectivity index (χ0n) is 19.9. The molecule has 1 saturated carbocycles. The number of benzene rings is 2. The number of carbonyl (C=O) groups excluding carboxylic acids is 1. The molecule has 5 rings (SSSR count). The van der Waals surface area contributed by atoms with Gasteiger partial charge in [-0.15, -0.1) is 0 Å². The maximum atomic E-state index is 13.0. The molecule has 176 valence electrons. The molecule has 7 nitrogen and oxygen atoms in total. The van der Waals surface area contributed by atoms with Crippen molar-refractivity contribution in [3.05, 3.63) is 53.3 Å². The number of aromatic nitrogens is 2. The number of carbonyl (C=O) groups is 1. The topological polar surface area (TPSA) is 89.2 Å². The monoisotopic (exact) mass is 458 g/mol. The first-order valence-corrected chi connectivity index (χ1v) is 11.9. The molecule has 2 atom stereocenters. The van der Waals surface area contributed by atoms with Crippen molar-refractivity contribution in [2.24, 2.45) is 7.05 Å². The van der Waals surface area contributed by atoms with Crippen molar-refractivity contribution >= 4 is 16.9 Å². The van der Waals surface area contributed by atoms with E-state index < -0.39 is 5.41 Å². The van der Waals surface area contributed by atoms with E-state index in [9.17, 15) is 10.1 Å². The van der Waals surface area contributed by atoms with Gasteiger partial charge in [0.1, 0.15) is 19.0 Å². The van der Waals surface area contributed by atoms with Crippen LogP contribution in [0.15, 0.2) is 36.4 Å². The Morgan fingerprint density at radius 2 is 1.94 bits per heavy atom. The highest BCUT2D eigenvalue weighted by molar-refractivity contribution is 5.95. The van der Waals surface area contributed by atoms with Gasteiger partial charge in [0.15, 0.2) is 11.5 Å². The van der Waals surface area contributed by atoms with Crippen LogP contribution in [0.4, 0.5) is 0 Å². The van der Waals surface area contributed by atoms with Gasteiger partial charge in [0, 0.05) is 24.6 Å². The molecule has 1 aliphatic carbocycles. The van der Waals surface area contributed by atoms with Crippen LogP contribution in [0.5, 0.6) is 11.5 Å². The van der Waals surface area contributed by atoms with Gasteiger partial charge in [-0.25, -0.2) is 4.98 Å². The van der Waals surface area contributed by atoms with Crippen LogP contribution in [0.2, 0.25) is 0 Å². The molecule has 0 radical (unpaired) electrons. The van der Waals surface area contributed by atoms with E-state index in [0.717, 1.165) is 48.1 Å². The number of nitriles is 1. The van der Waals surface area contributed by atoms with Crippen LogP contribution >= 0.6 is 0 Å². The number of hydrogen-bond donors (Lipinski definition) is 1. The first-order chi connectivity index (χ1) is 16.4. The maximum Gasteiger partial charge on any atom is 0.251 e. The highest BCUT2D eigenvalue weighted by Crippen LogP contribution is 2.35. The fourth-order valence-electron chi connectivity index (χ4n) is 5.04. The molecule has 3 aromatic rings. The van der Waals surface area contributed by atoms with Gasteiger partial charge in [-0.3, -0.25) is 4.79 Å². The minimum absolute atomic E-state index is 0.0870. The van der Waals surface area contributed by atoms with Gasteiger partial charge < -0.3 is 19.4 Å². The Balaban J connectivity index is 1.33. The maximum absolute atomic E-state index is 13.0. The number of amides is 1. The third kappa shape index (κ3) is 4.09. The molecule has 0 saturated heterocycles. The average Bonchev–Trinajstić information content (AvgIpc) is 3.19. The molecule has 0 spiro atoms. The van der Waals surface area contributed by atoms with Gasteiger partial charge in [-0.1, -0.05) is 12.5 Å². The normalized spacial score (nSPS) is 20.1. The fraction of sp³-hybridized carbons (Fsp3) is 0.444. The number of aryl methyl sites for hydroxylation is 1. The van der Waals surface area contributed by atoms with Crippen LogP contribution in [0, 0.1) is 11.3 Å². The van der Waals surface area contributed by atoms with Gasteiger partial charge in [-0.2, -0.15) is 5.26 Å². The first kappa shape index (κ1) is 22.3. The van der Waals surface area contributed by atoms with E-state index in [4.69, 9.17) is 14.5 Å². The summed E-state index contributed by atoms with van der Waals surface area (Å²) in [7, 11) is 2.05. The molecule has 1 N–H and O–H groups in total. The number of nitrogens with one attached hydrogen (secondary N) is 1. The first-order valence-electron chi connectivity index (χ1n) is 11.9. The van der Waals surface area contributed by atoms with E-state index in [1.807, 2.05) is 33.0 Å². The van der Waals surface area contributed by atoms with Crippen LogP contribution in [-0.2, 0) is 12.5 Å². The Bertz CT molecular complexity index is 1290. The molecule has 34 heavy (non-hydrogen) atoms. The standard InChI is InChI=1S/C27H30N4O3/c1-27(2,16-28)19-8-9-21-22(15-19)31(3)25(30-21)17-5-4-6-20(13-17)29-26(32)18-7-10-23-24(14-18)34-12-11-33-23/h7-10,14-15,17,20H,4-6,11-13H2,1-3H3,(H,29,32). The lowest BCUT2D eigenvalue weighted by Gasteiger charge is -2.29. The predicted molar refractivity (Wildman–Crippen MR) is 129 cm³/mol. The molecule has 2 heterocycles. The minimum atomic E-state index is -0.549. The Morgan fingerprint density at radius 1 is 1.15 bits per heavy atom. The molecule has 1 amide bonds. The van der Waals surface area contributed by atoms with Crippen molar-refractivity contribution in [1.29, 1.82) is 5.26 Å². The summed E-state index contributed by atoms with van der Waals surface area (Å²) in [6.07, 6.45) is 3.89. The molecule has 0 bridgehead atoms. The van der Waals surface area contributed by atoms with Crippen molar-refractivity contribution in [2.75, 3.05) is 13.2 Å². The highest BCUT2D eigenvalue weighted by Gasteiger charge is 2.29. The van der Waals surface area contributed by atoms with Gasteiger partial charge in [0.2, 0.25) is 0 Å². The number of fused-ring (bicyclic) bond motifs is 2. The summed E-state index contributed by atoms with van der Waals surface area (Å²) in [5.74, 6) is 2.53. The Kier molecular flexibility index (Phi) is 5.68. The average molecular weight is 459 g/mol. The van der Waals surface area contributed by atoms with Gasteiger partial charge in [-0.05, 0) is 69.0 Å². The lowest BCUT2D eigenvalue weighted by molar-refractivity contribution is 0.0923. The van der Waals surface area contributed by atoms with Gasteiger partial charge in [0.25, 0.3) is 5.91 Å². The van der Waals surface area contributed by atoms with Crippen LogP contribution in [0.25, 0.3) is 11.0 Å². The SMILES string of the molecule is Cn1c(C2CCCC(NC(=O)c3ccc4c(c3)OCCO4)C2)nc2ccc(C(C)(C)C#N)cc21. The second kappa shape index (κ2) is 8.68. The molecule has 7 heteroatoms. The predicted octanol–water partition coefficient (Wildman–Crippen LogP) is 4.60. The number of rotatable bonds is 4. The van der Waals surface area contributed by atoms with E-state index in [1.165, 1.54) is 0 Å². The summed E-state index contributed by atoms with van der Waals surface area (Å²) in [4.78, 5) is 17.9. The third-order valence-electron chi connectivity index (χ3n) is 7.10. The molecule has 2 unspecified atom stereocenters. The third-order valence-corrected chi connectivity index (χ3v) is 7.10. The molecule has 1 fully saturated rings. The smallest absolute Gasteiger partial charge is 0.251 e. The molecule has 2 aromatic carbocycles. The molecular weight excluding hydrogens is 428 g/mol. The molecular formula is C27H30N4O3. The summed E-state index contributed by atoms with van der Waals surface area (Å²) in [5, 5.41) is 12.7. The summed E-state index contributed by atoms with van der Waals surface area (Å²) in [6.45, 7) is 4.89. The van der Waals surface area contributed by atoms with Crippen molar-refractivity contribution < 1.29 is 14.3 Å². The van der Waals surface area contributed by atoms with Gasteiger partial charge in [0.05, 0.1) is 22.5 Å². The minimum Gasteiger partial charge on any atom is -0.486 e. The largest absolute Gasteiger partial charge is 0.486 e.